The van der Waals surface area contributed by atoms with Gasteiger partial charge in [-0.2, -0.15) is 5.10 Å². The highest BCUT2D eigenvalue weighted by atomic mass is 32.1. The summed E-state index contributed by atoms with van der Waals surface area (Å²) < 4.78 is 7.92. The molecule has 21 heavy (non-hydrogen) atoms. The Balaban J connectivity index is 1.78. The molecule has 3 heterocycles. The monoisotopic (exact) mass is 306 g/mol. The number of nitrogens with zero attached hydrogens (tertiary/aromatic N) is 3. The van der Waals surface area contributed by atoms with Gasteiger partial charge in [-0.1, -0.05) is 0 Å². The summed E-state index contributed by atoms with van der Waals surface area (Å²) in [5.74, 6) is 2.22. The Labute approximate surface area is 127 Å². The van der Waals surface area contributed by atoms with Gasteiger partial charge in [-0.05, 0) is 44.1 Å². The smallest absolute Gasteiger partial charge is 0.289 e. The minimum Gasteiger partial charge on any atom is -0.456 e. The fraction of sp³-hybridized carbons (Fsp3) is 0.500. The van der Waals surface area contributed by atoms with Crippen LogP contribution in [0.25, 0.3) is 0 Å². The third kappa shape index (κ3) is 2.65. The Kier molecular flexibility index (Phi) is 3.67. The lowest BCUT2D eigenvalue weighted by atomic mass is 9.97. The summed E-state index contributed by atoms with van der Waals surface area (Å²) in [6.07, 6.45) is 1.96. The van der Waals surface area contributed by atoms with E-state index < -0.39 is 0 Å². The van der Waals surface area contributed by atoms with E-state index in [-0.39, 0.29) is 11.8 Å². The molecule has 1 amide bonds. The normalized spacial score (nSPS) is 19.0. The van der Waals surface area contributed by atoms with Crippen molar-refractivity contribution in [2.45, 2.75) is 25.7 Å². The Bertz CT molecular complexity index is 715. The highest BCUT2D eigenvalue weighted by Gasteiger charge is 2.29. The number of hydrogen-bond donors (Lipinski definition) is 1. The van der Waals surface area contributed by atoms with Crippen molar-refractivity contribution < 1.29 is 9.21 Å². The average Bonchev–Trinajstić information content (AvgIpc) is 3.06. The van der Waals surface area contributed by atoms with Gasteiger partial charge in [0, 0.05) is 26.1 Å². The molecular weight excluding hydrogens is 288 g/mol. The van der Waals surface area contributed by atoms with E-state index in [1.807, 2.05) is 29.5 Å². The first kappa shape index (κ1) is 14.1. The van der Waals surface area contributed by atoms with E-state index in [2.05, 4.69) is 10.2 Å². The van der Waals surface area contributed by atoms with Crippen LogP contribution in [0.5, 0.6) is 0 Å². The number of furan rings is 1. The van der Waals surface area contributed by atoms with Gasteiger partial charge in [0.2, 0.25) is 0 Å². The number of aromatic nitrogens is 3. The number of carbonyl (C=O) groups excluding carboxylic acids is 1. The van der Waals surface area contributed by atoms with Gasteiger partial charge < -0.3 is 13.9 Å². The van der Waals surface area contributed by atoms with Crippen LogP contribution in [0, 0.1) is 11.7 Å². The Morgan fingerprint density at radius 1 is 1.52 bits per heavy atom. The third-order valence-corrected chi connectivity index (χ3v) is 4.30. The number of rotatable bonds is 2. The van der Waals surface area contributed by atoms with E-state index in [4.69, 9.17) is 16.6 Å². The number of aromatic amines is 1. The lowest BCUT2D eigenvalue weighted by molar-refractivity contribution is 0.0670. The van der Waals surface area contributed by atoms with Gasteiger partial charge in [0.1, 0.15) is 11.6 Å². The second-order valence-corrected chi connectivity index (χ2v) is 5.83. The fourth-order valence-corrected chi connectivity index (χ4v) is 2.94. The van der Waals surface area contributed by atoms with Crippen molar-refractivity contribution in [2.24, 2.45) is 7.05 Å². The highest BCUT2D eigenvalue weighted by molar-refractivity contribution is 7.71. The van der Waals surface area contributed by atoms with Crippen molar-refractivity contribution in [3.05, 3.63) is 34.2 Å². The second-order valence-electron chi connectivity index (χ2n) is 5.45. The summed E-state index contributed by atoms with van der Waals surface area (Å²) in [6.45, 7) is 3.24. The van der Waals surface area contributed by atoms with E-state index in [9.17, 15) is 4.79 Å². The lowest BCUT2D eigenvalue weighted by Gasteiger charge is -2.31. The summed E-state index contributed by atoms with van der Waals surface area (Å²) in [6, 6.07) is 3.54. The van der Waals surface area contributed by atoms with Gasteiger partial charge in [0.15, 0.2) is 10.5 Å². The van der Waals surface area contributed by atoms with E-state index in [0.717, 1.165) is 31.0 Å². The van der Waals surface area contributed by atoms with E-state index >= 15 is 0 Å². The molecule has 3 rings (SSSR count). The average molecular weight is 306 g/mol. The maximum absolute atomic E-state index is 12.5. The zero-order chi connectivity index (χ0) is 15.0. The Morgan fingerprint density at radius 2 is 2.33 bits per heavy atom. The first-order valence-electron chi connectivity index (χ1n) is 7.03. The number of nitrogens with one attached hydrogen (secondary N) is 1. The van der Waals surface area contributed by atoms with Crippen LogP contribution in [0.15, 0.2) is 16.5 Å². The van der Waals surface area contributed by atoms with E-state index in [0.29, 0.717) is 17.1 Å². The van der Waals surface area contributed by atoms with Crippen molar-refractivity contribution >= 4 is 18.1 Å². The molecule has 1 N–H and O–H groups in total. The van der Waals surface area contributed by atoms with E-state index in [1.165, 1.54) is 0 Å². The van der Waals surface area contributed by atoms with Gasteiger partial charge in [0.05, 0.1) is 0 Å². The van der Waals surface area contributed by atoms with Crippen LogP contribution >= 0.6 is 12.2 Å². The van der Waals surface area contributed by atoms with Crippen LogP contribution in [-0.4, -0.2) is 38.7 Å². The molecule has 0 bridgehead atoms. The van der Waals surface area contributed by atoms with Crippen LogP contribution < -0.4 is 0 Å². The topological polar surface area (TPSA) is 67.1 Å². The molecule has 0 spiro atoms. The zero-order valence-corrected chi connectivity index (χ0v) is 12.9. The molecule has 0 aliphatic carbocycles. The molecule has 1 aliphatic heterocycles. The first-order chi connectivity index (χ1) is 10.1. The molecule has 7 heteroatoms. The van der Waals surface area contributed by atoms with Crippen LogP contribution in [0.2, 0.25) is 0 Å². The van der Waals surface area contributed by atoms with Crippen LogP contribution in [0.4, 0.5) is 0 Å². The van der Waals surface area contributed by atoms with Crippen molar-refractivity contribution in [1.82, 2.24) is 19.7 Å². The number of carbonyl (C=O) groups is 1. The molecule has 112 valence electrons. The summed E-state index contributed by atoms with van der Waals surface area (Å²) in [5, 5.41) is 7.10. The molecule has 1 aliphatic rings. The van der Waals surface area contributed by atoms with Gasteiger partial charge in [-0.25, -0.2) is 0 Å². The van der Waals surface area contributed by atoms with Crippen LogP contribution in [0.3, 0.4) is 0 Å². The SMILES string of the molecule is Cc1ccc(C(=O)N2CCC[C@H](c3n[nH]c(=S)n3C)C2)o1. The maximum Gasteiger partial charge on any atom is 0.289 e. The van der Waals surface area contributed by atoms with Gasteiger partial charge in [0.25, 0.3) is 5.91 Å². The predicted octanol–water partition coefficient (Wildman–Crippen LogP) is 2.40. The summed E-state index contributed by atoms with van der Waals surface area (Å²) in [5.41, 5.74) is 0. The molecule has 1 fully saturated rings. The molecule has 2 aromatic rings. The number of hydrogen-bond acceptors (Lipinski definition) is 4. The number of aryl methyl sites for hydroxylation is 1. The quantitative estimate of drug-likeness (QED) is 0.865. The fourth-order valence-electron chi connectivity index (χ4n) is 2.80. The largest absolute Gasteiger partial charge is 0.456 e. The number of piperidine rings is 1. The molecule has 0 saturated carbocycles. The predicted molar refractivity (Wildman–Crippen MR) is 79.7 cm³/mol. The van der Waals surface area contributed by atoms with Crippen LogP contribution in [0.1, 0.15) is 40.9 Å². The Hall–Kier alpha value is -1.89. The molecule has 6 nitrogen and oxygen atoms in total. The molecule has 1 atom stereocenters. The third-order valence-electron chi connectivity index (χ3n) is 3.94. The Morgan fingerprint density at radius 3 is 2.95 bits per heavy atom. The van der Waals surface area contributed by atoms with Gasteiger partial charge >= 0.3 is 0 Å². The maximum atomic E-state index is 12.5. The molecular formula is C14H18N4O2S. The highest BCUT2D eigenvalue weighted by Crippen LogP contribution is 2.26. The number of H-pyrrole nitrogens is 1. The van der Waals surface area contributed by atoms with Crippen molar-refractivity contribution in [2.75, 3.05) is 13.1 Å². The minimum absolute atomic E-state index is 0.0513. The second kappa shape index (κ2) is 5.48. The van der Waals surface area contributed by atoms with Crippen molar-refractivity contribution in [3.8, 4) is 0 Å². The van der Waals surface area contributed by atoms with Crippen molar-refractivity contribution in [3.63, 3.8) is 0 Å². The molecule has 0 aromatic carbocycles. The summed E-state index contributed by atoms with van der Waals surface area (Å²) in [7, 11) is 1.90. The molecule has 0 radical (unpaired) electrons. The molecule has 1 saturated heterocycles. The molecule has 0 unspecified atom stereocenters. The van der Waals surface area contributed by atoms with Crippen LogP contribution in [-0.2, 0) is 7.05 Å². The summed E-state index contributed by atoms with van der Waals surface area (Å²) >= 11 is 5.15. The van der Waals surface area contributed by atoms with Gasteiger partial charge in [-0.15, -0.1) is 0 Å². The zero-order valence-electron chi connectivity index (χ0n) is 12.1. The molecule has 2 aromatic heterocycles. The van der Waals surface area contributed by atoms with Gasteiger partial charge in [-0.3, -0.25) is 9.89 Å². The van der Waals surface area contributed by atoms with Crippen molar-refractivity contribution in [1.29, 1.82) is 0 Å². The van der Waals surface area contributed by atoms with E-state index in [1.54, 1.807) is 6.07 Å². The number of amides is 1. The first-order valence-corrected chi connectivity index (χ1v) is 7.44. The minimum atomic E-state index is -0.0513. The number of likely N-dealkylation sites (tertiary alicyclic amines) is 1. The summed E-state index contributed by atoms with van der Waals surface area (Å²) in [4.78, 5) is 14.3. The standard InChI is InChI=1S/C14H18N4O2S/c1-9-5-6-11(20-9)13(19)18-7-3-4-10(8-18)12-15-16-14(21)17(12)2/h5-6,10H,3-4,7-8H2,1-2H3,(H,16,21)/t10-/m0/s1. The lowest BCUT2D eigenvalue weighted by Crippen LogP contribution is -2.39.